The normalized spacial score (nSPS) is 12.0. The van der Waals surface area contributed by atoms with E-state index in [4.69, 9.17) is 17.3 Å². The highest BCUT2D eigenvalue weighted by Gasteiger charge is 2.21. The molecule has 0 unspecified atom stereocenters. The molecule has 0 bridgehead atoms. The minimum Gasteiger partial charge on any atom is -0.368 e. The Labute approximate surface area is 135 Å². The largest absolute Gasteiger partial charge is 0.368 e. The Bertz CT molecular complexity index is 541. The number of carbonyl (C=O) groups excluding carboxylic acids is 3. The highest BCUT2D eigenvalue weighted by Crippen LogP contribution is 2.12. The summed E-state index contributed by atoms with van der Waals surface area (Å²) in [6.07, 6.45) is 0.852. The van der Waals surface area contributed by atoms with E-state index < -0.39 is 11.9 Å². The van der Waals surface area contributed by atoms with Gasteiger partial charge in [0.15, 0.2) is 5.78 Å². The van der Waals surface area contributed by atoms with Crippen molar-refractivity contribution in [3.05, 3.63) is 34.9 Å². The zero-order valence-electron chi connectivity index (χ0n) is 12.8. The van der Waals surface area contributed by atoms with E-state index in [-0.39, 0.29) is 30.4 Å². The zero-order valence-corrected chi connectivity index (χ0v) is 13.5. The van der Waals surface area contributed by atoms with E-state index in [1.54, 1.807) is 38.1 Å². The Morgan fingerprint density at radius 2 is 1.73 bits per heavy atom. The minimum absolute atomic E-state index is 0.0419. The molecule has 0 aliphatic heterocycles. The van der Waals surface area contributed by atoms with Gasteiger partial charge in [-0.05, 0) is 36.6 Å². The lowest BCUT2D eigenvalue weighted by atomic mass is 10.0. The van der Waals surface area contributed by atoms with E-state index in [0.29, 0.717) is 17.0 Å². The zero-order chi connectivity index (χ0) is 16.7. The van der Waals surface area contributed by atoms with Crippen molar-refractivity contribution < 1.29 is 14.4 Å². The summed E-state index contributed by atoms with van der Waals surface area (Å²) >= 11 is 5.76. The molecule has 3 N–H and O–H groups in total. The molecule has 1 atom stereocenters. The van der Waals surface area contributed by atoms with Crippen LogP contribution in [0.5, 0.6) is 0 Å². The topological polar surface area (TPSA) is 89.3 Å². The Kier molecular flexibility index (Phi) is 7.05. The van der Waals surface area contributed by atoms with E-state index in [0.717, 1.165) is 0 Å². The van der Waals surface area contributed by atoms with Crippen molar-refractivity contribution in [2.45, 2.75) is 39.2 Å². The number of nitrogens with two attached hydrogens (primary N) is 1. The Hall–Kier alpha value is -1.88. The molecule has 0 fully saturated rings. The lowest BCUT2D eigenvalue weighted by Gasteiger charge is -2.18. The van der Waals surface area contributed by atoms with Crippen molar-refractivity contribution in [1.82, 2.24) is 5.32 Å². The van der Waals surface area contributed by atoms with Crippen LogP contribution in [0.3, 0.4) is 0 Å². The summed E-state index contributed by atoms with van der Waals surface area (Å²) in [5, 5.41) is 3.17. The Balaban J connectivity index is 2.40. The van der Waals surface area contributed by atoms with Crippen molar-refractivity contribution in [3.8, 4) is 0 Å². The minimum atomic E-state index is -0.681. The third kappa shape index (κ3) is 5.85. The predicted octanol–water partition coefficient (Wildman–Crippen LogP) is 2.32. The molecule has 0 aliphatic carbocycles. The third-order valence-corrected chi connectivity index (χ3v) is 3.52. The van der Waals surface area contributed by atoms with Crippen molar-refractivity contribution >= 4 is 29.2 Å². The van der Waals surface area contributed by atoms with Crippen LogP contribution in [0.25, 0.3) is 0 Å². The molecular formula is C16H21ClN2O3. The van der Waals surface area contributed by atoms with Gasteiger partial charge in [-0.25, -0.2) is 0 Å². The molecule has 22 heavy (non-hydrogen) atoms. The Morgan fingerprint density at radius 3 is 2.23 bits per heavy atom. The van der Waals surface area contributed by atoms with Crippen LogP contribution in [0.15, 0.2) is 24.3 Å². The maximum atomic E-state index is 11.9. The fourth-order valence-corrected chi connectivity index (χ4v) is 2.13. The molecule has 6 heteroatoms. The highest BCUT2D eigenvalue weighted by atomic mass is 35.5. The van der Waals surface area contributed by atoms with Gasteiger partial charge in [0.25, 0.3) is 0 Å². The van der Waals surface area contributed by atoms with Crippen molar-refractivity contribution in [2.24, 2.45) is 11.7 Å². The summed E-state index contributed by atoms with van der Waals surface area (Å²) in [6.45, 7) is 3.61. The number of rotatable bonds is 8. The molecule has 1 aromatic carbocycles. The first-order valence-corrected chi connectivity index (χ1v) is 7.56. The van der Waals surface area contributed by atoms with Gasteiger partial charge in [-0.15, -0.1) is 0 Å². The summed E-state index contributed by atoms with van der Waals surface area (Å²) in [4.78, 5) is 34.9. The number of amides is 2. The average molecular weight is 325 g/mol. The van der Waals surface area contributed by atoms with Crippen molar-refractivity contribution in [3.63, 3.8) is 0 Å². The molecule has 2 amide bonds. The van der Waals surface area contributed by atoms with Crippen LogP contribution in [-0.2, 0) is 9.59 Å². The van der Waals surface area contributed by atoms with E-state index in [1.165, 1.54) is 0 Å². The molecule has 0 heterocycles. The van der Waals surface area contributed by atoms with Gasteiger partial charge in [0.2, 0.25) is 11.8 Å². The predicted molar refractivity (Wildman–Crippen MR) is 85.6 cm³/mol. The van der Waals surface area contributed by atoms with Crippen LogP contribution in [0.4, 0.5) is 0 Å². The average Bonchev–Trinajstić information content (AvgIpc) is 2.44. The van der Waals surface area contributed by atoms with Crippen LogP contribution in [0.1, 0.15) is 43.5 Å². The molecule has 0 saturated carbocycles. The summed E-state index contributed by atoms with van der Waals surface area (Å²) in [5.41, 5.74) is 5.80. The maximum Gasteiger partial charge on any atom is 0.240 e. The van der Waals surface area contributed by atoms with Gasteiger partial charge in [-0.1, -0.05) is 25.4 Å². The molecular weight excluding hydrogens is 304 g/mol. The highest BCUT2D eigenvalue weighted by molar-refractivity contribution is 6.30. The molecule has 0 aromatic heterocycles. The van der Waals surface area contributed by atoms with Crippen molar-refractivity contribution in [2.75, 3.05) is 0 Å². The Morgan fingerprint density at radius 1 is 1.14 bits per heavy atom. The fourth-order valence-electron chi connectivity index (χ4n) is 2.00. The number of primary amides is 1. The number of halogens is 1. The number of nitrogens with one attached hydrogen (secondary N) is 1. The van der Waals surface area contributed by atoms with Crippen LogP contribution >= 0.6 is 11.6 Å². The number of ketones is 1. The first-order valence-electron chi connectivity index (χ1n) is 7.18. The van der Waals surface area contributed by atoms with E-state index >= 15 is 0 Å². The second-order valence-electron chi connectivity index (χ2n) is 5.48. The number of Topliss-reactive ketones (excluding diaryl/α,β-unsaturated/α-hetero) is 1. The van der Waals surface area contributed by atoms with Gasteiger partial charge < -0.3 is 11.1 Å². The lowest BCUT2D eigenvalue weighted by molar-refractivity contribution is -0.128. The van der Waals surface area contributed by atoms with Crippen LogP contribution < -0.4 is 11.1 Å². The van der Waals surface area contributed by atoms with Gasteiger partial charge in [0.05, 0.1) is 0 Å². The molecule has 120 valence electrons. The summed E-state index contributed by atoms with van der Waals surface area (Å²) in [5.74, 6) is -0.945. The van der Waals surface area contributed by atoms with Gasteiger partial charge >= 0.3 is 0 Å². The second-order valence-corrected chi connectivity index (χ2v) is 5.91. The van der Waals surface area contributed by atoms with Gasteiger partial charge in [-0.3, -0.25) is 14.4 Å². The van der Waals surface area contributed by atoms with Crippen LogP contribution in [0, 0.1) is 5.92 Å². The summed E-state index contributed by atoms with van der Waals surface area (Å²) < 4.78 is 0. The molecule has 1 aromatic rings. The van der Waals surface area contributed by atoms with Crippen LogP contribution in [0.2, 0.25) is 5.02 Å². The molecule has 1 rings (SSSR count). The molecule has 5 nitrogen and oxygen atoms in total. The van der Waals surface area contributed by atoms with Crippen LogP contribution in [-0.4, -0.2) is 23.6 Å². The molecule has 0 saturated heterocycles. The van der Waals surface area contributed by atoms with E-state index in [2.05, 4.69) is 5.32 Å². The number of hydrogen-bond donors (Lipinski definition) is 2. The van der Waals surface area contributed by atoms with E-state index in [9.17, 15) is 14.4 Å². The standard InChI is InChI=1S/C16H21ClN2O3/c1-10(2)15(16(18)22)19-14(21)5-3-4-13(20)11-6-8-12(17)9-7-11/h6-10,15H,3-5H2,1-2H3,(H2,18,22)(H,19,21)/t15-/m1/s1. The number of hydrogen-bond acceptors (Lipinski definition) is 3. The maximum absolute atomic E-state index is 11.9. The third-order valence-electron chi connectivity index (χ3n) is 3.26. The first kappa shape index (κ1) is 18.2. The monoisotopic (exact) mass is 324 g/mol. The van der Waals surface area contributed by atoms with Gasteiger partial charge in [-0.2, -0.15) is 0 Å². The number of carbonyl (C=O) groups is 3. The second kappa shape index (κ2) is 8.54. The molecule has 0 aliphatic rings. The quantitative estimate of drug-likeness (QED) is 0.719. The van der Waals surface area contributed by atoms with Crippen molar-refractivity contribution in [1.29, 1.82) is 0 Å². The van der Waals surface area contributed by atoms with E-state index in [1.807, 2.05) is 0 Å². The molecule has 0 radical (unpaired) electrons. The summed E-state index contributed by atoms with van der Waals surface area (Å²) in [6, 6.07) is 5.95. The van der Waals surface area contributed by atoms with Gasteiger partial charge in [0.1, 0.15) is 6.04 Å². The molecule has 0 spiro atoms. The van der Waals surface area contributed by atoms with Gasteiger partial charge in [0, 0.05) is 23.4 Å². The summed E-state index contributed by atoms with van der Waals surface area (Å²) in [7, 11) is 0. The number of benzene rings is 1. The fraction of sp³-hybridized carbons (Fsp3) is 0.438. The smallest absolute Gasteiger partial charge is 0.240 e. The SMILES string of the molecule is CC(C)[C@@H](NC(=O)CCCC(=O)c1ccc(Cl)cc1)C(N)=O. The first-order chi connectivity index (χ1) is 10.3. The lowest BCUT2D eigenvalue weighted by Crippen LogP contribution is -2.47.